The zero-order chi connectivity index (χ0) is 14.5. The number of ketones is 1. The Morgan fingerprint density at radius 2 is 1.74 bits per heavy atom. The van der Waals surface area contributed by atoms with Crippen LogP contribution in [0.5, 0.6) is 0 Å². The van der Waals surface area contributed by atoms with Crippen LogP contribution in [0, 0.1) is 0 Å². The van der Waals surface area contributed by atoms with Gasteiger partial charge in [-0.1, -0.05) is 6.92 Å². The molecule has 0 atom stereocenters. The molecule has 0 unspecified atom stereocenters. The largest absolute Gasteiger partial charge is 0.326 e. The summed E-state index contributed by atoms with van der Waals surface area (Å²) in [5, 5.41) is 2.51. The van der Waals surface area contributed by atoms with Crippen molar-refractivity contribution in [1.29, 1.82) is 0 Å². The molecule has 104 valence electrons. The Kier molecular flexibility index (Phi) is 5.20. The highest BCUT2D eigenvalue weighted by atomic mass is 32.2. The maximum absolute atomic E-state index is 11.7. The Bertz CT molecular complexity index is 564. The van der Waals surface area contributed by atoms with E-state index in [1.165, 1.54) is 31.2 Å². The first-order chi connectivity index (χ1) is 8.85. The van der Waals surface area contributed by atoms with Crippen LogP contribution in [0.4, 0.5) is 5.69 Å². The van der Waals surface area contributed by atoms with Crippen LogP contribution >= 0.6 is 0 Å². The van der Waals surface area contributed by atoms with Gasteiger partial charge in [-0.25, -0.2) is 13.1 Å². The van der Waals surface area contributed by atoms with E-state index in [2.05, 4.69) is 10.0 Å². The summed E-state index contributed by atoms with van der Waals surface area (Å²) in [6.45, 7) is 3.32. The van der Waals surface area contributed by atoms with Crippen LogP contribution in [0.1, 0.15) is 20.3 Å². The number of Topliss-reactive ketones (excluding diaryl/α,β-unsaturated/α-hetero) is 1. The summed E-state index contributed by atoms with van der Waals surface area (Å²) in [5.74, 6) is -0.654. The van der Waals surface area contributed by atoms with Crippen molar-refractivity contribution in [3.05, 3.63) is 24.3 Å². The topological polar surface area (TPSA) is 92.3 Å². The first-order valence-electron chi connectivity index (χ1n) is 5.74. The van der Waals surface area contributed by atoms with Crippen molar-refractivity contribution in [1.82, 2.24) is 4.72 Å². The minimum atomic E-state index is -3.49. The van der Waals surface area contributed by atoms with Gasteiger partial charge < -0.3 is 5.32 Å². The molecule has 1 aromatic rings. The Balaban J connectivity index is 2.77. The number of sulfonamides is 1. The van der Waals surface area contributed by atoms with E-state index in [4.69, 9.17) is 0 Å². The summed E-state index contributed by atoms with van der Waals surface area (Å²) in [5.41, 5.74) is 0.446. The van der Waals surface area contributed by atoms with E-state index in [0.717, 1.165) is 0 Å². The summed E-state index contributed by atoms with van der Waals surface area (Å²) in [6.07, 6.45) is -0.197. The molecule has 0 saturated heterocycles. The average Bonchev–Trinajstić information content (AvgIpc) is 2.28. The number of carbonyl (C=O) groups excluding carboxylic acids is 2. The van der Waals surface area contributed by atoms with Crippen molar-refractivity contribution in [2.24, 2.45) is 0 Å². The van der Waals surface area contributed by atoms with Gasteiger partial charge >= 0.3 is 0 Å². The molecule has 0 aromatic heterocycles. The van der Waals surface area contributed by atoms with Gasteiger partial charge in [-0.2, -0.15) is 0 Å². The number of hydrogen-bond donors (Lipinski definition) is 2. The predicted molar refractivity (Wildman–Crippen MR) is 71.2 cm³/mol. The maximum atomic E-state index is 11.7. The number of benzene rings is 1. The van der Waals surface area contributed by atoms with E-state index in [9.17, 15) is 18.0 Å². The normalized spacial score (nSPS) is 11.1. The fourth-order valence-corrected chi connectivity index (χ4v) is 2.46. The van der Waals surface area contributed by atoms with Crippen molar-refractivity contribution in [2.75, 3.05) is 11.9 Å². The molecule has 1 rings (SSSR count). The minimum absolute atomic E-state index is 0.124. The minimum Gasteiger partial charge on any atom is -0.326 e. The summed E-state index contributed by atoms with van der Waals surface area (Å²) in [4.78, 5) is 22.2. The van der Waals surface area contributed by atoms with E-state index in [0.29, 0.717) is 12.2 Å². The monoisotopic (exact) mass is 284 g/mol. The van der Waals surface area contributed by atoms with E-state index in [-0.39, 0.29) is 17.1 Å². The van der Waals surface area contributed by atoms with Gasteiger partial charge in [0, 0.05) is 12.2 Å². The van der Waals surface area contributed by atoms with Crippen LogP contribution in [0.25, 0.3) is 0 Å². The van der Waals surface area contributed by atoms with Crippen molar-refractivity contribution < 1.29 is 18.0 Å². The van der Waals surface area contributed by atoms with Crippen molar-refractivity contribution in [2.45, 2.75) is 25.2 Å². The summed E-state index contributed by atoms with van der Waals surface area (Å²) < 4.78 is 25.7. The van der Waals surface area contributed by atoms with E-state index >= 15 is 0 Å². The second kappa shape index (κ2) is 6.44. The zero-order valence-corrected chi connectivity index (χ0v) is 11.6. The Morgan fingerprint density at radius 1 is 1.16 bits per heavy atom. The average molecular weight is 284 g/mol. The molecular weight excluding hydrogens is 268 g/mol. The molecule has 7 heteroatoms. The number of hydrogen-bond acceptors (Lipinski definition) is 4. The predicted octanol–water partition coefficient (Wildman–Crippen LogP) is 0.902. The van der Waals surface area contributed by atoms with Crippen LogP contribution in [0.3, 0.4) is 0 Å². The molecule has 6 nitrogen and oxygen atoms in total. The lowest BCUT2D eigenvalue weighted by atomic mass is 10.2. The molecular formula is C12H16N2O4S. The third kappa shape index (κ3) is 4.80. The van der Waals surface area contributed by atoms with Crippen LogP contribution in [0.2, 0.25) is 0 Å². The van der Waals surface area contributed by atoms with Gasteiger partial charge in [-0.3, -0.25) is 9.59 Å². The Morgan fingerprint density at radius 3 is 2.21 bits per heavy atom. The second-order valence-corrected chi connectivity index (χ2v) is 5.72. The van der Waals surface area contributed by atoms with E-state index in [1.807, 2.05) is 0 Å². The van der Waals surface area contributed by atoms with Crippen LogP contribution in [0.15, 0.2) is 29.2 Å². The van der Waals surface area contributed by atoms with Crippen LogP contribution in [-0.2, 0) is 19.6 Å². The Hall–Kier alpha value is -1.73. The maximum Gasteiger partial charge on any atom is 0.240 e. The zero-order valence-electron chi connectivity index (χ0n) is 10.8. The number of anilines is 1. The molecule has 0 heterocycles. The highest BCUT2D eigenvalue weighted by Crippen LogP contribution is 2.14. The summed E-state index contributed by atoms with van der Waals surface area (Å²) >= 11 is 0. The highest BCUT2D eigenvalue weighted by Gasteiger charge is 2.12. The molecule has 0 aliphatic heterocycles. The second-order valence-electron chi connectivity index (χ2n) is 3.95. The van der Waals surface area contributed by atoms with E-state index < -0.39 is 15.9 Å². The Labute approximate surface area is 112 Å². The van der Waals surface area contributed by atoms with Crippen molar-refractivity contribution >= 4 is 27.4 Å². The molecule has 19 heavy (non-hydrogen) atoms. The quantitative estimate of drug-likeness (QED) is 0.759. The third-order valence-electron chi connectivity index (χ3n) is 2.19. The molecule has 0 aliphatic rings. The molecule has 0 fully saturated rings. The first kappa shape index (κ1) is 15.3. The molecule has 1 aromatic carbocycles. The molecule has 0 spiro atoms. The van der Waals surface area contributed by atoms with Gasteiger partial charge in [0.1, 0.15) is 5.78 Å². The van der Waals surface area contributed by atoms with Gasteiger partial charge in [0.2, 0.25) is 15.9 Å². The number of carbonyl (C=O) groups is 2. The fourth-order valence-electron chi connectivity index (χ4n) is 1.42. The van der Waals surface area contributed by atoms with Crippen molar-refractivity contribution in [3.8, 4) is 0 Å². The SMILES string of the molecule is CCNS(=O)(=O)c1ccc(NC(=O)CC(C)=O)cc1. The molecule has 0 radical (unpaired) electrons. The lowest BCUT2D eigenvalue weighted by Gasteiger charge is -2.07. The molecule has 1 amide bonds. The lowest BCUT2D eigenvalue weighted by Crippen LogP contribution is -2.23. The molecule has 0 aliphatic carbocycles. The van der Waals surface area contributed by atoms with Gasteiger partial charge in [0.05, 0.1) is 11.3 Å². The van der Waals surface area contributed by atoms with Gasteiger partial charge in [0.25, 0.3) is 0 Å². The number of nitrogens with one attached hydrogen (secondary N) is 2. The standard InChI is InChI=1S/C12H16N2O4S/c1-3-13-19(17,18)11-6-4-10(5-7-11)14-12(16)8-9(2)15/h4-7,13H,3,8H2,1-2H3,(H,14,16). The smallest absolute Gasteiger partial charge is 0.240 e. The number of amides is 1. The fraction of sp³-hybridized carbons (Fsp3) is 0.333. The van der Waals surface area contributed by atoms with E-state index in [1.54, 1.807) is 6.92 Å². The number of rotatable bonds is 6. The first-order valence-corrected chi connectivity index (χ1v) is 7.22. The molecule has 0 saturated carbocycles. The lowest BCUT2D eigenvalue weighted by molar-refractivity contribution is -0.124. The van der Waals surface area contributed by atoms with Crippen molar-refractivity contribution in [3.63, 3.8) is 0 Å². The highest BCUT2D eigenvalue weighted by molar-refractivity contribution is 7.89. The molecule has 0 bridgehead atoms. The molecule has 2 N–H and O–H groups in total. The van der Waals surface area contributed by atoms with Crippen LogP contribution < -0.4 is 10.0 Å². The van der Waals surface area contributed by atoms with Gasteiger partial charge in [0.15, 0.2) is 0 Å². The summed E-state index contributed by atoms with van der Waals surface area (Å²) in [7, 11) is -3.49. The van der Waals surface area contributed by atoms with Gasteiger partial charge in [-0.05, 0) is 31.2 Å². The third-order valence-corrected chi connectivity index (χ3v) is 3.75. The summed E-state index contributed by atoms with van der Waals surface area (Å²) in [6, 6.07) is 5.73. The van der Waals surface area contributed by atoms with Gasteiger partial charge in [-0.15, -0.1) is 0 Å². The van der Waals surface area contributed by atoms with Crippen LogP contribution in [-0.4, -0.2) is 26.7 Å².